The number of nitrogens with one attached hydrogen (secondary N) is 1. The molecule has 1 aromatic carbocycles. The quantitative estimate of drug-likeness (QED) is 0.848. The molecule has 0 amide bonds. The second kappa shape index (κ2) is 6.24. The summed E-state index contributed by atoms with van der Waals surface area (Å²) in [5.74, 6) is -1.70. The average Bonchev–Trinajstić information content (AvgIpc) is 2.42. The number of Topliss-reactive ketones (excluding diaryl/α,β-unsaturated/α-hetero) is 1. The van der Waals surface area contributed by atoms with Crippen molar-refractivity contribution in [3.8, 4) is 0 Å². The first-order valence-electron chi connectivity index (χ1n) is 6.82. The van der Waals surface area contributed by atoms with Crippen LogP contribution in [0.15, 0.2) is 18.2 Å². The first-order chi connectivity index (χ1) is 9.11. The Morgan fingerprint density at radius 3 is 2.95 bits per heavy atom. The van der Waals surface area contributed by atoms with E-state index in [0.29, 0.717) is 5.92 Å². The van der Waals surface area contributed by atoms with Gasteiger partial charge >= 0.3 is 0 Å². The monoisotopic (exact) mass is 267 g/mol. The second-order valence-corrected chi connectivity index (χ2v) is 5.18. The van der Waals surface area contributed by atoms with Crippen molar-refractivity contribution in [1.29, 1.82) is 0 Å². The first-order valence-corrected chi connectivity index (χ1v) is 6.82. The van der Waals surface area contributed by atoms with E-state index < -0.39 is 11.6 Å². The van der Waals surface area contributed by atoms with Gasteiger partial charge < -0.3 is 5.32 Å². The van der Waals surface area contributed by atoms with Gasteiger partial charge in [-0.25, -0.2) is 8.78 Å². The Hall–Kier alpha value is -1.29. The Morgan fingerprint density at radius 2 is 2.21 bits per heavy atom. The number of carbonyl (C=O) groups is 1. The highest BCUT2D eigenvalue weighted by Gasteiger charge is 2.24. The maximum atomic E-state index is 13.5. The van der Waals surface area contributed by atoms with Crippen molar-refractivity contribution >= 4 is 5.78 Å². The highest BCUT2D eigenvalue weighted by molar-refractivity contribution is 5.96. The summed E-state index contributed by atoms with van der Waals surface area (Å²) in [6, 6.07) is 3.82. The molecule has 1 aliphatic rings. The smallest absolute Gasteiger partial charge is 0.169 e. The SMILES string of the molecule is CCC1CCNC(CC(=O)c2cccc(F)c2F)C1. The first kappa shape index (κ1) is 14.1. The van der Waals surface area contributed by atoms with Gasteiger partial charge in [-0.3, -0.25) is 4.79 Å². The van der Waals surface area contributed by atoms with E-state index in [0.717, 1.165) is 31.9 Å². The zero-order valence-electron chi connectivity index (χ0n) is 11.1. The molecular weight excluding hydrogens is 248 g/mol. The average molecular weight is 267 g/mol. The molecule has 0 spiro atoms. The van der Waals surface area contributed by atoms with Crippen molar-refractivity contribution in [1.82, 2.24) is 5.32 Å². The molecule has 1 aliphatic heterocycles. The van der Waals surface area contributed by atoms with Crippen LogP contribution in [0.3, 0.4) is 0 Å². The molecule has 1 fully saturated rings. The van der Waals surface area contributed by atoms with Gasteiger partial charge in [-0.05, 0) is 37.4 Å². The summed E-state index contributed by atoms with van der Waals surface area (Å²) in [5, 5.41) is 3.28. The van der Waals surface area contributed by atoms with Crippen molar-refractivity contribution in [2.24, 2.45) is 5.92 Å². The Labute approximate surface area is 112 Å². The van der Waals surface area contributed by atoms with Crippen LogP contribution in [0.2, 0.25) is 0 Å². The third-order valence-corrected chi connectivity index (χ3v) is 3.86. The minimum Gasteiger partial charge on any atom is -0.314 e. The van der Waals surface area contributed by atoms with Gasteiger partial charge in [-0.15, -0.1) is 0 Å². The van der Waals surface area contributed by atoms with Crippen molar-refractivity contribution in [3.05, 3.63) is 35.4 Å². The number of ketones is 1. The fraction of sp³-hybridized carbons (Fsp3) is 0.533. The number of hydrogen-bond acceptors (Lipinski definition) is 2. The van der Waals surface area contributed by atoms with E-state index >= 15 is 0 Å². The molecule has 1 heterocycles. The molecule has 0 bridgehead atoms. The van der Waals surface area contributed by atoms with Gasteiger partial charge in [0.05, 0.1) is 5.56 Å². The van der Waals surface area contributed by atoms with Crippen molar-refractivity contribution in [3.63, 3.8) is 0 Å². The summed E-state index contributed by atoms with van der Waals surface area (Å²) in [5.41, 5.74) is -0.138. The molecule has 1 saturated heterocycles. The van der Waals surface area contributed by atoms with Gasteiger partial charge in [-0.1, -0.05) is 19.4 Å². The Kier molecular flexibility index (Phi) is 4.64. The number of piperidine rings is 1. The predicted octanol–water partition coefficient (Wildman–Crippen LogP) is 3.32. The van der Waals surface area contributed by atoms with E-state index in [1.54, 1.807) is 0 Å². The van der Waals surface area contributed by atoms with Crippen molar-refractivity contribution < 1.29 is 13.6 Å². The third kappa shape index (κ3) is 3.38. The number of benzene rings is 1. The molecule has 2 unspecified atom stereocenters. The fourth-order valence-electron chi connectivity index (χ4n) is 2.67. The van der Waals surface area contributed by atoms with Gasteiger partial charge in [0.1, 0.15) is 0 Å². The molecule has 19 heavy (non-hydrogen) atoms. The van der Waals surface area contributed by atoms with Crippen LogP contribution < -0.4 is 5.32 Å². The number of carbonyl (C=O) groups excluding carboxylic acids is 1. The van der Waals surface area contributed by atoms with E-state index in [-0.39, 0.29) is 23.8 Å². The molecule has 2 nitrogen and oxygen atoms in total. The summed E-state index contributed by atoms with van der Waals surface area (Å²) < 4.78 is 26.6. The lowest BCUT2D eigenvalue weighted by Crippen LogP contribution is -2.39. The number of halogens is 2. The summed E-state index contributed by atoms with van der Waals surface area (Å²) in [4.78, 5) is 12.0. The summed E-state index contributed by atoms with van der Waals surface area (Å²) in [6.07, 6.45) is 3.38. The number of hydrogen-bond donors (Lipinski definition) is 1. The molecule has 1 aromatic rings. The van der Waals surface area contributed by atoms with Crippen LogP contribution in [0.25, 0.3) is 0 Å². The molecule has 0 aromatic heterocycles. The van der Waals surface area contributed by atoms with Crippen LogP contribution in [0.1, 0.15) is 43.0 Å². The highest BCUT2D eigenvalue weighted by atomic mass is 19.2. The van der Waals surface area contributed by atoms with E-state index in [4.69, 9.17) is 0 Å². The van der Waals surface area contributed by atoms with E-state index in [1.807, 2.05) is 0 Å². The van der Waals surface area contributed by atoms with Crippen LogP contribution in [-0.2, 0) is 0 Å². The minimum atomic E-state index is -1.03. The molecule has 0 aliphatic carbocycles. The largest absolute Gasteiger partial charge is 0.314 e. The molecule has 1 N–H and O–H groups in total. The van der Waals surface area contributed by atoms with E-state index in [9.17, 15) is 13.6 Å². The van der Waals surface area contributed by atoms with Gasteiger partial charge in [0.25, 0.3) is 0 Å². The normalized spacial score (nSPS) is 23.3. The third-order valence-electron chi connectivity index (χ3n) is 3.86. The molecular formula is C15H19F2NO. The van der Waals surface area contributed by atoms with Gasteiger partial charge in [0.2, 0.25) is 0 Å². The van der Waals surface area contributed by atoms with Crippen LogP contribution in [0.4, 0.5) is 8.78 Å². The zero-order valence-corrected chi connectivity index (χ0v) is 11.1. The molecule has 2 atom stereocenters. The summed E-state index contributed by atoms with van der Waals surface area (Å²) >= 11 is 0. The molecule has 4 heteroatoms. The van der Waals surface area contributed by atoms with E-state index in [2.05, 4.69) is 12.2 Å². The Bertz CT molecular complexity index is 461. The van der Waals surface area contributed by atoms with Gasteiger partial charge in [-0.2, -0.15) is 0 Å². The lowest BCUT2D eigenvalue weighted by atomic mass is 9.87. The van der Waals surface area contributed by atoms with Crippen LogP contribution in [0, 0.1) is 17.6 Å². The maximum Gasteiger partial charge on any atom is 0.169 e. The van der Waals surface area contributed by atoms with Crippen LogP contribution in [-0.4, -0.2) is 18.4 Å². The standard InChI is InChI=1S/C15H19F2NO/c1-2-10-6-7-18-11(8-10)9-14(19)12-4-3-5-13(16)15(12)17/h3-5,10-11,18H,2,6-9H2,1H3. The minimum absolute atomic E-state index is 0.0777. The summed E-state index contributed by atoms with van der Waals surface area (Å²) in [7, 11) is 0. The highest BCUT2D eigenvalue weighted by Crippen LogP contribution is 2.22. The van der Waals surface area contributed by atoms with Crippen LogP contribution in [0.5, 0.6) is 0 Å². The fourth-order valence-corrected chi connectivity index (χ4v) is 2.67. The van der Waals surface area contributed by atoms with Gasteiger partial charge in [0.15, 0.2) is 17.4 Å². The zero-order chi connectivity index (χ0) is 13.8. The Balaban J connectivity index is 2.02. The van der Waals surface area contributed by atoms with Crippen molar-refractivity contribution in [2.75, 3.05) is 6.54 Å². The lowest BCUT2D eigenvalue weighted by Gasteiger charge is -2.29. The Morgan fingerprint density at radius 1 is 1.42 bits per heavy atom. The molecule has 0 radical (unpaired) electrons. The number of rotatable bonds is 4. The molecule has 0 saturated carbocycles. The predicted molar refractivity (Wildman–Crippen MR) is 70.1 cm³/mol. The molecule has 2 rings (SSSR count). The maximum absolute atomic E-state index is 13.5. The second-order valence-electron chi connectivity index (χ2n) is 5.18. The van der Waals surface area contributed by atoms with Crippen molar-refractivity contribution in [2.45, 2.75) is 38.6 Å². The molecule has 104 valence electrons. The van der Waals surface area contributed by atoms with Crippen LogP contribution >= 0.6 is 0 Å². The summed E-state index contributed by atoms with van der Waals surface area (Å²) in [6.45, 7) is 3.03. The topological polar surface area (TPSA) is 29.1 Å². The lowest BCUT2D eigenvalue weighted by molar-refractivity contribution is 0.0952. The van der Waals surface area contributed by atoms with E-state index in [1.165, 1.54) is 12.1 Å². The van der Waals surface area contributed by atoms with Gasteiger partial charge in [0, 0.05) is 12.5 Å².